The van der Waals surface area contributed by atoms with Crippen molar-refractivity contribution in [3.63, 3.8) is 0 Å². The topological polar surface area (TPSA) is 26.3 Å². The van der Waals surface area contributed by atoms with Crippen LogP contribution in [0.1, 0.15) is 10.4 Å². The van der Waals surface area contributed by atoms with Gasteiger partial charge in [0.05, 0.1) is 12.7 Å². The van der Waals surface area contributed by atoms with Crippen LogP contribution in [0.4, 0.5) is 0 Å². The van der Waals surface area contributed by atoms with E-state index in [9.17, 15) is 4.79 Å². The van der Waals surface area contributed by atoms with Crippen LogP contribution in [0.3, 0.4) is 0 Å². The molecule has 1 aromatic carbocycles. The summed E-state index contributed by atoms with van der Waals surface area (Å²) in [6.45, 7) is 0. The summed E-state index contributed by atoms with van der Waals surface area (Å²) in [4.78, 5) is 10.8. The zero-order valence-electron chi connectivity index (χ0n) is 8.27. The second kappa shape index (κ2) is 4.28. The van der Waals surface area contributed by atoms with Gasteiger partial charge < -0.3 is 4.74 Å². The lowest BCUT2D eigenvalue weighted by molar-refractivity contribution is 0.112. The summed E-state index contributed by atoms with van der Waals surface area (Å²) >= 11 is 1.64. The summed E-state index contributed by atoms with van der Waals surface area (Å²) < 4.78 is 5.08. The predicted octanol–water partition coefficient (Wildman–Crippen LogP) is 3.24. The summed E-state index contributed by atoms with van der Waals surface area (Å²) in [7, 11) is 1.56. The number of methoxy groups -OCH3 is 1. The molecule has 1 aromatic heterocycles. The van der Waals surface area contributed by atoms with Crippen molar-refractivity contribution in [3.05, 3.63) is 40.6 Å². The number of rotatable bonds is 3. The predicted molar refractivity (Wildman–Crippen MR) is 61.7 cm³/mol. The van der Waals surface area contributed by atoms with Crippen molar-refractivity contribution in [2.24, 2.45) is 0 Å². The summed E-state index contributed by atoms with van der Waals surface area (Å²) in [6, 6.07) is 7.64. The number of hydrogen-bond acceptors (Lipinski definition) is 3. The van der Waals surface area contributed by atoms with Gasteiger partial charge in [-0.25, -0.2) is 0 Å². The highest BCUT2D eigenvalue weighted by Crippen LogP contribution is 2.26. The number of ether oxygens (including phenoxy) is 1. The molecule has 1 heterocycles. The molecule has 0 saturated carbocycles. The first-order valence-electron chi connectivity index (χ1n) is 4.51. The van der Waals surface area contributed by atoms with Gasteiger partial charge in [0, 0.05) is 0 Å². The minimum Gasteiger partial charge on any atom is -0.496 e. The van der Waals surface area contributed by atoms with E-state index in [2.05, 4.69) is 5.38 Å². The van der Waals surface area contributed by atoms with Gasteiger partial charge in [-0.05, 0) is 40.1 Å². The van der Waals surface area contributed by atoms with E-state index in [1.165, 1.54) is 0 Å². The summed E-state index contributed by atoms with van der Waals surface area (Å²) in [5.74, 6) is 0.615. The van der Waals surface area contributed by atoms with Gasteiger partial charge >= 0.3 is 0 Å². The minimum atomic E-state index is 0.584. The molecule has 15 heavy (non-hydrogen) atoms. The van der Waals surface area contributed by atoms with E-state index in [0.29, 0.717) is 11.3 Å². The van der Waals surface area contributed by atoms with Crippen LogP contribution in [0.5, 0.6) is 5.75 Å². The van der Waals surface area contributed by atoms with Crippen LogP contribution in [0.2, 0.25) is 0 Å². The standard InChI is InChI=1S/C12H10O2S/c1-14-12-3-2-9(6-11(12)7-13)10-4-5-15-8-10/h2-8H,1H3. The van der Waals surface area contributed by atoms with Crippen molar-refractivity contribution in [2.75, 3.05) is 7.11 Å². The van der Waals surface area contributed by atoms with Crippen LogP contribution in [-0.4, -0.2) is 13.4 Å². The number of carbonyl (C=O) groups is 1. The molecule has 0 saturated heterocycles. The largest absolute Gasteiger partial charge is 0.496 e. The van der Waals surface area contributed by atoms with Crippen molar-refractivity contribution in [2.45, 2.75) is 0 Å². The minimum absolute atomic E-state index is 0.584. The highest BCUT2D eigenvalue weighted by Gasteiger charge is 2.04. The molecule has 0 fully saturated rings. The zero-order chi connectivity index (χ0) is 10.7. The van der Waals surface area contributed by atoms with Crippen molar-refractivity contribution < 1.29 is 9.53 Å². The van der Waals surface area contributed by atoms with Gasteiger partial charge in [0.1, 0.15) is 5.75 Å². The van der Waals surface area contributed by atoms with Crippen LogP contribution >= 0.6 is 11.3 Å². The smallest absolute Gasteiger partial charge is 0.153 e. The molecule has 2 rings (SSSR count). The lowest BCUT2D eigenvalue weighted by atomic mass is 10.1. The molecule has 3 heteroatoms. The highest BCUT2D eigenvalue weighted by atomic mass is 32.1. The van der Waals surface area contributed by atoms with Gasteiger partial charge in [0.2, 0.25) is 0 Å². The van der Waals surface area contributed by atoms with Crippen LogP contribution in [0.25, 0.3) is 11.1 Å². The maximum absolute atomic E-state index is 10.8. The third-order valence-electron chi connectivity index (χ3n) is 2.21. The van der Waals surface area contributed by atoms with E-state index in [0.717, 1.165) is 17.4 Å². The van der Waals surface area contributed by atoms with Gasteiger partial charge in [-0.15, -0.1) is 0 Å². The first kappa shape index (κ1) is 9.93. The molecule has 0 radical (unpaired) electrons. The molecular formula is C12H10O2S. The fourth-order valence-electron chi connectivity index (χ4n) is 1.43. The van der Waals surface area contributed by atoms with E-state index in [4.69, 9.17) is 4.74 Å². The van der Waals surface area contributed by atoms with Gasteiger partial charge in [0.15, 0.2) is 6.29 Å². The van der Waals surface area contributed by atoms with E-state index >= 15 is 0 Å². The van der Waals surface area contributed by atoms with Gasteiger partial charge in [-0.2, -0.15) is 11.3 Å². The Kier molecular flexibility index (Phi) is 2.83. The highest BCUT2D eigenvalue weighted by molar-refractivity contribution is 7.08. The molecule has 2 nitrogen and oxygen atoms in total. The average Bonchev–Trinajstić information content (AvgIpc) is 2.81. The molecular weight excluding hydrogens is 208 g/mol. The Morgan fingerprint density at radius 1 is 1.27 bits per heavy atom. The Morgan fingerprint density at radius 3 is 2.73 bits per heavy atom. The Bertz CT molecular complexity index is 460. The van der Waals surface area contributed by atoms with Crippen molar-refractivity contribution >= 4 is 17.6 Å². The first-order valence-corrected chi connectivity index (χ1v) is 5.45. The Balaban J connectivity index is 2.48. The third kappa shape index (κ3) is 1.92. The number of benzene rings is 1. The molecule has 0 unspecified atom stereocenters. The van der Waals surface area contributed by atoms with Gasteiger partial charge in [-0.3, -0.25) is 4.79 Å². The fourth-order valence-corrected chi connectivity index (χ4v) is 2.10. The molecule has 0 aliphatic rings. The van der Waals surface area contributed by atoms with Crippen molar-refractivity contribution in [1.29, 1.82) is 0 Å². The molecule has 0 bridgehead atoms. The Morgan fingerprint density at radius 2 is 2.13 bits per heavy atom. The van der Waals surface area contributed by atoms with Gasteiger partial charge in [-0.1, -0.05) is 6.07 Å². The number of aldehydes is 1. The number of hydrogen-bond donors (Lipinski definition) is 0. The van der Waals surface area contributed by atoms with E-state index in [1.807, 2.05) is 29.6 Å². The molecule has 0 N–H and O–H groups in total. The lowest BCUT2D eigenvalue weighted by Crippen LogP contribution is -1.90. The van der Waals surface area contributed by atoms with Crippen LogP contribution in [-0.2, 0) is 0 Å². The summed E-state index contributed by atoms with van der Waals surface area (Å²) in [5.41, 5.74) is 2.76. The quantitative estimate of drug-likeness (QED) is 0.739. The second-order valence-corrected chi connectivity index (χ2v) is 3.87. The molecule has 0 aliphatic heterocycles. The third-order valence-corrected chi connectivity index (χ3v) is 2.89. The first-order chi connectivity index (χ1) is 7.35. The normalized spacial score (nSPS) is 9.93. The summed E-state index contributed by atoms with van der Waals surface area (Å²) in [5, 5.41) is 4.07. The molecule has 0 amide bonds. The molecule has 0 atom stereocenters. The van der Waals surface area contributed by atoms with Crippen LogP contribution in [0.15, 0.2) is 35.0 Å². The lowest BCUT2D eigenvalue weighted by Gasteiger charge is -2.05. The summed E-state index contributed by atoms with van der Waals surface area (Å²) in [6.07, 6.45) is 0.814. The Hall–Kier alpha value is -1.61. The van der Waals surface area contributed by atoms with E-state index in [1.54, 1.807) is 18.4 Å². The fraction of sp³-hybridized carbons (Fsp3) is 0.0833. The second-order valence-electron chi connectivity index (χ2n) is 3.09. The van der Waals surface area contributed by atoms with Crippen LogP contribution in [0, 0.1) is 0 Å². The maximum Gasteiger partial charge on any atom is 0.153 e. The van der Waals surface area contributed by atoms with Crippen LogP contribution < -0.4 is 4.74 Å². The number of carbonyl (C=O) groups excluding carboxylic acids is 1. The number of thiophene rings is 1. The van der Waals surface area contributed by atoms with E-state index < -0.39 is 0 Å². The molecule has 0 aliphatic carbocycles. The van der Waals surface area contributed by atoms with E-state index in [-0.39, 0.29) is 0 Å². The Labute approximate surface area is 92.1 Å². The monoisotopic (exact) mass is 218 g/mol. The van der Waals surface area contributed by atoms with Crippen molar-refractivity contribution in [1.82, 2.24) is 0 Å². The molecule has 0 spiro atoms. The maximum atomic E-state index is 10.8. The molecule has 2 aromatic rings. The SMILES string of the molecule is COc1ccc(-c2ccsc2)cc1C=O. The average molecular weight is 218 g/mol. The van der Waals surface area contributed by atoms with Gasteiger partial charge in [0.25, 0.3) is 0 Å². The van der Waals surface area contributed by atoms with Crippen molar-refractivity contribution in [3.8, 4) is 16.9 Å². The zero-order valence-corrected chi connectivity index (χ0v) is 9.08. The molecule has 76 valence electrons.